The van der Waals surface area contributed by atoms with Gasteiger partial charge in [-0.3, -0.25) is 4.57 Å². The Bertz CT molecular complexity index is 849. The van der Waals surface area contributed by atoms with E-state index in [9.17, 15) is 4.79 Å². The Labute approximate surface area is 159 Å². The zero-order valence-electron chi connectivity index (χ0n) is 15.8. The quantitative estimate of drug-likeness (QED) is 0.846. The standard InChI is InChI=1S/C20H27N5O2/c1-2-17-12-18(27-23-17)14-25-20(26)24(13-15-6-4-3-5-7-15)19(22-25)16-8-10-21-11-9-16/h3-7,16,18,21H,2,8-14H2,1H3/t18-/m0/s1. The van der Waals surface area contributed by atoms with Gasteiger partial charge >= 0.3 is 5.69 Å². The first-order valence-electron chi connectivity index (χ1n) is 9.88. The Balaban J connectivity index is 1.61. The van der Waals surface area contributed by atoms with Crippen LogP contribution in [0.2, 0.25) is 0 Å². The normalized spacial score (nSPS) is 20.5. The number of rotatable bonds is 6. The maximum absolute atomic E-state index is 13.1. The molecule has 1 fully saturated rings. The zero-order chi connectivity index (χ0) is 18.6. The summed E-state index contributed by atoms with van der Waals surface area (Å²) >= 11 is 0. The summed E-state index contributed by atoms with van der Waals surface area (Å²) in [4.78, 5) is 18.6. The maximum atomic E-state index is 13.1. The number of piperidine rings is 1. The lowest BCUT2D eigenvalue weighted by molar-refractivity contribution is 0.0687. The van der Waals surface area contributed by atoms with Crippen molar-refractivity contribution in [2.75, 3.05) is 13.1 Å². The highest BCUT2D eigenvalue weighted by molar-refractivity contribution is 5.85. The third-order valence-corrected chi connectivity index (χ3v) is 5.42. The van der Waals surface area contributed by atoms with Crippen molar-refractivity contribution in [1.29, 1.82) is 0 Å². The molecule has 4 rings (SSSR count). The predicted molar refractivity (Wildman–Crippen MR) is 104 cm³/mol. The van der Waals surface area contributed by atoms with E-state index >= 15 is 0 Å². The summed E-state index contributed by atoms with van der Waals surface area (Å²) in [5, 5.41) is 12.2. The Morgan fingerprint density at radius 1 is 1.22 bits per heavy atom. The lowest BCUT2D eigenvalue weighted by Crippen LogP contribution is -2.31. The molecule has 0 radical (unpaired) electrons. The highest BCUT2D eigenvalue weighted by atomic mass is 16.6. The largest absolute Gasteiger partial charge is 0.390 e. The van der Waals surface area contributed by atoms with E-state index in [0.29, 0.717) is 19.0 Å². The highest BCUT2D eigenvalue weighted by Crippen LogP contribution is 2.23. The molecule has 1 saturated heterocycles. The Kier molecular flexibility index (Phi) is 5.38. The van der Waals surface area contributed by atoms with Crippen LogP contribution in [0.25, 0.3) is 0 Å². The summed E-state index contributed by atoms with van der Waals surface area (Å²) in [6, 6.07) is 10.1. The molecule has 0 amide bonds. The molecular formula is C20H27N5O2. The van der Waals surface area contributed by atoms with Crippen molar-refractivity contribution < 1.29 is 4.84 Å². The monoisotopic (exact) mass is 369 g/mol. The highest BCUT2D eigenvalue weighted by Gasteiger charge is 2.27. The molecule has 0 unspecified atom stereocenters. The van der Waals surface area contributed by atoms with E-state index in [-0.39, 0.29) is 11.8 Å². The van der Waals surface area contributed by atoms with Gasteiger partial charge in [0.15, 0.2) is 6.10 Å². The van der Waals surface area contributed by atoms with Crippen LogP contribution in [-0.4, -0.2) is 39.3 Å². The van der Waals surface area contributed by atoms with E-state index in [0.717, 1.165) is 55.9 Å². The lowest BCUT2D eigenvalue weighted by Gasteiger charge is -2.22. The summed E-state index contributed by atoms with van der Waals surface area (Å²) in [5.74, 6) is 1.22. The molecule has 0 saturated carbocycles. The van der Waals surface area contributed by atoms with Gasteiger partial charge in [0.05, 0.1) is 18.8 Å². The van der Waals surface area contributed by atoms with Crippen molar-refractivity contribution in [3.05, 3.63) is 52.2 Å². The van der Waals surface area contributed by atoms with Crippen LogP contribution in [0.15, 0.2) is 40.3 Å². The van der Waals surface area contributed by atoms with Crippen LogP contribution in [0.1, 0.15) is 49.9 Å². The minimum absolute atomic E-state index is 0.0547. The molecule has 3 heterocycles. The number of nitrogens with zero attached hydrogens (tertiary/aromatic N) is 4. The molecule has 7 heteroatoms. The molecule has 2 aliphatic heterocycles. The van der Waals surface area contributed by atoms with E-state index in [2.05, 4.69) is 29.5 Å². The molecule has 7 nitrogen and oxygen atoms in total. The van der Waals surface area contributed by atoms with Gasteiger partial charge in [0.1, 0.15) is 5.82 Å². The van der Waals surface area contributed by atoms with Crippen LogP contribution >= 0.6 is 0 Å². The first-order chi connectivity index (χ1) is 13.2. The molecule has 1 atom stereocenters. The molecule has 0 aliphatic carbocycles. The smallest absolute Gasteiger partial charge is 0.346 e. The van der Waals surface area contributed by atoms with Crippen molar-refractivity contribution in [2.45, 2.75) is 57.7 Å². The molecule has 2 aromatic rings. The molecule has 1 aromatic carbocycles. The van der Waals surface area contributed by atoms with Crippen LogP contribution in [0.4, 0.5) is 0 Å². The van der Waals surface area contributed by atoms with E-state index in [4.69, 9.17) is 9.94 Å². The first-order valence-corrected chi connectivity index (χ1v) is 9.88. The zero-order valence-corrected chi connectivity index (χ0v) is 15.8. The second kappa shape index (κ2) is 8.08. The van der Waals surface area contributed by atoms with Gasteiger partial charge in [-0.25, -0.2) is 9.48 Å². The number of aromatic nitrogens is 3. The van der Waals surface area contributed by atoms with Crippen molar-refractivity contribution in [3.8, 4) is 0 Å². The third-order valence-electron chi connectivity index (χ3n) is 5.42. The number of oxime groups is 1. The van der Waals surface area contributed by atoms with Gasteiger partial charge in [-0.2, -0.15) is 5.10 Å². The topological polar surface area (TPSA) is 73.4 Å². The van der Waals surface area contributed by atoms with Gasteiger partial charge in [0.25, 0.3) is 0 Å². The van der Waals surface area contributed by atoms with E-state index in [1.165, 1.54) is 0 Å². The predicted octanol–water partition coefficient (Wildman–Crippen LogP) is 2.11. The van der Waals surface area contributed by atoms with Gasteiger partial charge < -0.3 is 10.2 Å². The molecule has 1 N–H and O–H groups in total. The number of nitrogens with one attached hydrogen (secondary N) is 1. The summed E-state index contributed by atoms with van der Waals surface area (Å²) in [7, 11) is 0. The Morgan fingerprint density at radius 3 is 2.70 bits per heavy atom. The van der Waals surface area contributed by atoms with Crippen molar-refractivity contribution in [3.63, 3.8) is 0 Å². The molecule has 27 heavy (non-hydrogen) atoms. The average molecular weight is 369 g/mol. The Hall–Kier alpha value is -2.41. The molecule has 1 aromatic heterocycles. The second-order valence-electron chi connectivity index (χ2n) is 7.36. The van der Waals surface area contributed by atoms with Crippen molar-refractivity contribution >= 4 is 5.71 Å². The number of hydrogen-bond acceptors (Lipinski definition) is 5. The molecular weight excluding hydrogens is 342 g/mol. The second-order valence-corrected chi connectivity index (χ2v) is 7.36. The molecule has 2 aliphatic rings. The summed E-state index contributed by atoms with van der Waals surface area (Å²) < 4.78 is 3.43. The van der Waals surface area contributed by atoms with Crippen LogP contribution in [0, 0.1) is 0 Å². The SMILES string of the molecule is CCC1=NO[C@H](Cn2nc(C3CCNCC3)n(Cc3ccccc3)c2=O)C1. The van der Waals surface area contributed by atoms with Crippen LogP contribution in [0.3, 0.4) is 0 Å². The van der Waals surface area contributed by atoms with E-state index in [1.807, 2.05) is 22.8 Å². The Morgan fingerprint density at radius 2 is 2.00 bits per heavy atom. The van der Waals surface area contributed by atoms with Gasteiger partial charge in [0, 0.05) is 12.3 Å². The van der Waals surface area contributed by atoms with E-state index < -0.39 is 0 Å². The van der Waals surface area contributed by atoms with Crippen LogP contribution in [-0.2, 0) is 17.9 Å². The van der Waals surface area contributed by atoms with Gasteiger partial charge in [-0.1, -0.05) is 42.4 Å². The van der Waals surface area contributed by atoms with Gasteiger partial charge in [-0.15, -0.1) is 0 Å². The summed E-state index contributed by atoms with van der Waals surface area (Å²) in [6.07, 6.45) is 3.58. The van der Waals surface area contributed by atoms with Crippen molar-refractivity contribution in [2.24, 2.45) is 5.16 Å². The molecule has 144 valence electrons. The fraction of sp³-hybridized carbons (Fsp3) is 0.550. The van der Waals surface area contributed by atoms with Crippen molar-refractivity contribution in [1.82, 2.24) is 19.7 Å². The lowest BCUT2D eigenvalue weighted by atomic mass is 9.97. The summed E-state index contributed by atoms with van der Waals surface area (Å²) in [6.45, 7) is 5.01. The minimum Gasteiger partial charge on any atom is -0.390 e. The third kappa shape index (κ3) is 3.98. The van der Waals surface area contributed by atoms with Gasteiger partial charge in [-0.05, 0) is 37.9 Å². The van der Waals surface area contributed by atoms with Gasteiger partial charge in [0.2, 0.25) is 0 Å². The van der Waals surface area contributed by atoms with Crippen LogP contribution in [0.5, 0.6) is 0 Å². The molecule has 0 spiro atoms. The fourth-order valence-corrected chi connectivity index (χ4v) is 3.86. The summed E-state index contributed by atoms with van der Waals surface area (Å²) in [5.41, 5.74) is 2.11. The minimum atomic E-state index is -0.0985. The van der Waals surface area contributed by atoms with E-state index in [1.54, 1.807) is 4.68 Å². The average Bonchev–Trinajstić information content (AvgIpc) is 3.29. The number of hydrogen-bond donors (Lipinski definition) is 1. The molecule has 0 bridgehead atoms. The van der Waals surface area contributed by atoms with Crippen LogP contribution < -0.4 is 11.0 Å². The first kappa shape index (κ1) is 18.0. The maximum Gasteiger partial charge on any atom is 0.346 e. The number of benzene rings is 1. The fourth-order valence-electron chi connectivity index (χ4n) is 3.86.